The van der Waals surface area contributed by atoms with Crippen molar-refractivity contribution in [1.82, 2.24) is 18.5 Å². The van der Waals surface area contributed by atoms with Crippen LogP contribution < -0.4 is 0 Å². The van der Waals surface area contributed by atoms with Crippen molar-refractivity contribution in [3.05, 3.63) is 121 Å². The van der Waals surface area contributed by atoms with Gasteiger partial charge in [-0.1, -0.05) is 42.5 Å². The van der Waals surface area contributed by atoms with Crippen LogP contribution in [0.15, 0.2) is 121 Å². The molecule has 4 nitrogen and oxygen atoms in total. The van der Waals surface area contributed by atoms with Gasteiger partial charge in [-0.2, -0.15) is 0 Å². The predicted molar refractivity (Wildman–Crippen MR) is 150 cm³/mol. The lowest BCUT2D eigenvalue weighted by Gasteiger charge is -2.10. The first-order chi connectivity index (χ1) is 17.9. The molecule has 3 aromatic carbocycles. The summed E-state index contributed by atoms with van der Waals surface area (Å²) in [6.07, 6.45) is 4.01. The van der Waals surface area contributed by atoms with Gasteiger partial charge in [-0.3, -0.25) is 14.0 Å². The van der Waals surface area contributed by atoms with E-state index in [1.54, 1.807) is 11.3 Å². The molecule has 0 saturated heterocycles. The molecule has 36 heavy (non-hydrogen) atoms. The first-order valence-corrected chi connectivity index (χ1v) is 12.9. The first kappa shape index (κ1) is 19.7. The number of rotatable bonds is 3. The van der Waals surface area contributed by atoms with Gasteiger partial charge >= 0.3 is 0 Å². The summed E-state index contributed by atoms with van der Waals surface area (Å²) in [6, 6.07) is 36.5. The van der Waals surface area contributed by atoms with Crippen LogP contribution in [0.1, 0.15) is 0 Å². The van der Waals surface area contributed by atoms with Crippen LogP contribution in [0.2, 0.25) is 0 Å². The Hall–Kier alpha value is -4.61. The number of hydrogen-bond acceptors (Lipinski definition) is 2. The maximum Gasteiger partial charge on any atom is 0.124 e. The Bertz CT molecular complexity index is 2050. The number of nitrogens with zero attached hydrogens (tertiary/aromatic N) is 4. The zero-order valence-corrected chi connectivity index (χ0v) is 20.1. The topological polar surface area (TPSA) is 27.2 Å². The molecule has 170 valence electrons. The lowest BCUT2D eigenvalue weighted by Crippen LogP contribution is -1.97. The maximum atomic E-state index is 4.62. The molecule has 0 saturated carbocycles. The van der Waals surface area contributed by atoms with Crippen LogP contribution in [0.25, 0.3) is 60.4 Å². The summed E-state index contributed by atoms with van der Waals surface area (Å²) < 4.78 is 7.02. The minimum absolute atomic E-state index is 1.01. The molecule has 0 unspecified atom stereocenters. The van der Waals surface area contributed by atoms with Crippen LogP contribution in [-0.4, -0.2) is 18.5 Å². The Morgan fingerprint density at radius 2 is 1.47 bits per heavy atom. The lowest BCUT2D eigenvalue weighted by molar-refractivity contribution is 1.10. The third kappa shape index (κ3) is 2.72. The lowest BCUT2D eigenvalue weighted by atomic mass is 10.1. The molecule has 0 aliphatic rings. The normalized spacial score (nSPS) is 11.9. The highest BCUT2D eigenvalue weighted by Crippen LogP contribution is 2.39. The van der Waals surface area contributed by atoms with E-state index in [1.807, 2.05) is 18.3 Å². The third-order valence-corrected chi connectivity index (χ3v) is 7.99. The van der Waals surface area contributed by atoms with Gasteiger partial charge in [-0.25, -0.2) is 0 Å². The van der Waals surface area contributed by atoms with Gasteiger partial charge in [0.05, 0.1) is 22.2 Å². The number of thiophene rings is 1. The molecule has 5 heterocycles. The summed E-state index contributed by atoms with van der Waals surface area (Å²) in [6.45, 7) is 0. The van der Waals surface area contributed by atoms with Crippen molar-refractivity contribution in [2.75, 3.05) is 0 Å². The van der Waals surface area contributed by atoms with E-state index < -0.39 is 0 Å². The van der Waals surface area contributed by atoms with Gasteiger partial charge in [-0.05, 0) is 66.0 Å². The van der Waals surface area contributed by atoms with Crippen molar-refractivity contribution < 1.29 is 0 Å². The minimum atomic E-state index is 1.01. The molecule has 0 N–H and O–H groups in total. The zero-order valence-electron chi connectivity index (χ0n) is 19.2. The molecule has 8 rings (SSSR count). The van der Waals surface area contributed by atoms with Gasteiger partial charge in [0.15, 0.2) is 0 Å². The third-order valence-electron chi connectivity index (χ3n) is 7.01. The smallest absolute Gasteiger partial charge is 0.124 e. The fourth-order valence-corrected chi connectivity index (χ4v) is 6.48. The Labute approximate surface area is 210 Å². The number of aromatic nitrogens is 4. The molecule has 0 atom stereocenters. The highest BCUT2D eigenvalue weighted by Gasteiger charge is 2.19. The summed E-state index contributed by atoms with van der Waals surface area (Å²) in [4.78, 5) is 5.87. The fraction of sp³-hybridized carbons (Fsp3) is 0. The highest BCUT2D eigenvalue weighted by molar-refractivity contribution is 7.17. The van der Waals surface area contributed by atoms with Gasteiger partial charge in [0.25, 0.3) is 0 Å². The Morgan fingerprint density at radius 1 is 0.667 bits per heavy atom. The van der Waals surface area contributed by atoms with E-state index in [-0.39, 0.29) is 0 Å². The Kier molecular flexibility index (Phi) is 4.07. The van der Waals surface area contributed by atoms with Crippen LogP contribution in [0.3, 0.4) is 0 Å². The van der Waals surface area contributed by atoms with Crippen LogP contribution in [0.4, 0.5) is 0 Å². The molecular formula is C31H20N4S. The highest BCUT2D eigenvalue weighted by atomic mass is 32.1. The van der Waals surface area contributed by atoms with Crippen molar-refractivity contribution in [1.29, 1.82) is 0 Å². The van der Waals surface area contributed by atoms with Crippen LogP contribution >= 0.6 is 11.3 Å². The summed E-state index contributed by atoms with van der Waals surface area (Å²) in [5.41, 5.74) is 9.24. The van der Waals surface area contributed by atoms with Crippen molar-refractivity contribution in [2.24, 2.45) is 0 Å². The average Bonchev–Trinajstić information content (AvgIpc) is 3.68. The van der Waals surface area contributed by atoms with Gasteiger partial charge in [0.1, 0.15) is 10.5 Å². The van der Waals surface area contributed by atoms with Crippen LogP contribution in [-0.2, 0) is 0 Å². The standard InChI is InChI=1S/C31H20N4S/c1-2-12-27-21(8-1)15-17-33(27)22-9-7-10-23(18-22)34-28-13-3-4-14-29(28)35-30(34)19-24-25(20-36-31(24)35)26-11-5-6-16-32-26/h1-20H. The van der Waals surface area contributed by atoms with E-state index in [2.05, 4.69) is 121 Å². The molecule has 8 aromatic rings. The summed E-state index contributed by atoms with van der Waals surface area (Å²) >= 11 is 1.78. The maximum absolute atomic E-state index is 4.62. The van der Waals surface area contributed by atoms with E-state index in [4.69, 9.17) is 0 Å². The number of pyridine rings is 1. The van der Waals surface area contributed by atoms with Gasteiger partial charge in [0.2, 0.25) is 0 Å². The molecule has 0 fully saturated rings. The van der Waals surface area contributed by atoms with Crippen LogP contribution in [0.5, 0.6) is 0 Å². The van der Waals surface area contributed by atoms with E-state index in [0.29, 0.717) is 0 Å². The van der Waals surface area contributed by atoms with E-state index in [9.17, 15) is 0 Å². The van der Waals surface area contributed by atoms with Gasteiger partial charge in [-0.15, -0.1) is 11.3 Å². The number of fused-ring (bicyclic) bond motifs is 6. The van der Waals surface area contributed by atoms with Crippen molar-refractivity contribution >= 4 is 49.1 Å². The summed E-state index contributed by atoms with van der Waals surface area (Å²) in [5, 5.41) is 4.70. The predicted octanol–water partition coefficient (Wildman–Crippen LogP) is 8.10. The first-order valence-electron chi connectivity index (χ1n) is 12.0. The van der Waals surface area contributed by atoms with Crippen molar-refractivity contribution in [3.63, 3.8) is 0 Å². The Morgan fingerprint density at radius 3 is 2.36 bits per heavy atom. The van der Waals surface area contributed by atoms with Crippen molar-refractivity contribution in [2.45, 2.75) is 0 Å². The van der Waals surface area contributed by atoms with Gasteiger partial charge < -0.3 is 4.57 Å². The average molecular weight is 481 g/mol. The fourth-order valence-electron chi connectivity index (χ4n) is 5.41. The molecule has 0 spiro atoms. The second-order valence-corrected chi connectivity index (χ2v) is 9.87. The van der Waals surface area contributed by atoms with E-state index in [1.165, 1.54) is 37.7 Å². The molecule has 5 aromatic heterocycles. The van der Waals surface area contributed by atoms with E-state index in [0.717, 1.165) is 22.7 Å². The number of hydrogen-bond donors (Lipinski definition) is 0. The Balaban J connectivity index is 1.40. The molecular weight excluding hydrogens is 460 g/mol. The number of para-hydroxylation sites is 3. The summed E-state index contributed by atoms with van der Waals surface area (Å²) in [5.74, 6) is 0. The zero-order chi connectivity index (χ0) is 23.6. The van der Waals surface area contributed by atoms with E-state index >= 15 is 0 Å². The molecule has 0 aliphatic heterocycles. The molecule has 0 aliphatic carbocycles. The van der Waals surface area contributed by atoms with Crippen molar-refractivity contribution in [3.8, 4) is 22.6 Å². The molecule has 0 bridgehead atoms. The van der Waals surface area contributed by atoms with Gasteiger partial charge in [0, 0.05) is 40.1 Å². The largest absolute Gasteiger partial charge is 0.316 e. The summed E-state index contributed by atoms with van der Waals surface area (Å²) in [7, 11) is 0. The monoisotopic (exact) mass is 480 g/mol. The molecule has 5 heteroatoms. The minimum Gasteiger partial charge on any atom is -0.316 e. The second-order valence-electron chi connectivity index (χ2n) is 9.01. The quantitative estimate of drug-likeness (QED) is 0.251. The second kappa shape index (κ2) is 7.44. The number of imidazole rings is 1. The molecule has 0 radical (unpaired) electrons. The molecule has 0 amide bonds. The number of benzene rings is 3. The SMILES string of the molecule is c1ccc(-c2csc3c2cc2n(-c4cccc(-n5ccc6ccccc65)c4)c4ccccc4n32)nc1. The van der Waals surface area contributed by atoms with Crippen LogP contribution in [0, 0.1) is 0 Å².